The Hall–Kier alpha value is -3.95. The minimum Gasteiger partial charge on any atom is -0.382 e. The molecule has 2 N–H and O–H groups in total. The molecule has 9 heteroatoms. The van der Waals surface area contributed by atoms with Crippen molar-refractivity contribution in [3.63, 3.8) is 0 Å². The third-order valence-corrected chi connectivity index (χ3v) is 4.76. The lowest BCUT2D eigenvalue weighted by atomic mass is 10.0. The van der Waals surface area contributed by atoms with Gasteiger partial charge >= 0.3 is 0 Å². The van der Waals surface area contributed by atoms with Crippen molar-refractivity contribution < 1.29 is 23.5 Å². The SMILES string of the molecule is C#C[C@H](COC)NC(=O)C(=O)c1c(C)c(C(=O)Nc2ccc(F)c(C#N)c2)n(C)c1C. The van der Waals surface area contributed by atoms with Gasteiger partial charge in [-0.05, 0) is 37.6 Å². The number of rotatable bonds is 7. The lowest BCUT2D eigenvalue weighted by molar-refractivity contribution is -0.117. The fourth-order valence-corrected chi connectivity index (χ4v) is 3.15. The van der Waals surface area contributed by atoms with Crippen LogP contribution in [0.15, 0.2) is 18.2 Å². The van der Waals surface area contributed by atoms with E-state index in [0.717, 1.165) is 6.07 Å². The number of ketones is 1. The number of carbonyl (C=O) groups is 3. The van der Waals surface area contributed by atoms with Crippen molar-refractivity contribution >= 4 is 23.3 Å². The van der Waals surface area contributed by atoms with E-state index in [1.807, 2.05) is 0 Å². The Morgan fingerprint density at radius 3 is 2.58 bits per heavy atom. The lowest BCUT2D eigenvalue weighted by Gasteiger charge is -2.11. The number of hydrogen-bond acceptors (Lipinski definition) is 5. The first kappa shape index (κ1) is 23.3. The first-order valence-corrected chi connectivity index (χ1v) is 9.13. The predicted molar refractivity (Wildman–Crippen MR) is 111 cm³/mol. The molecule has 2 amide bonds. The minimum absolute atomic E-state index is 0.0400. The fraction of sp³-hybridized carbons (Fsp3) is 0.273. The van der Waals surface area contributed by atoms with Crippen LogP contribution in [-0.2, 0) is 16.6 Å². The Kier molecular flexibility index (Phi) is 7.30. The van der Waals surface area contributed by atoms with E-state index < -0.39 is 29.5 Å². The highest BCUT2D eigenvalue weighted by Crippen LogP contribution is 2.23. The number of methoxy groups -OCH3 is 1. The predicted octanol–water partition coefficient (Wildman–Crippen LogP) is 1.85. The number of anilines is 1. The molecule has 0 saturated carbocycles. The molecule has 1 aromatic heterocycles. The molecule has 2 aromatic rings. The lowest BCUT2D eigenvalue weighted by Crippen LogP contribution is -2.41. The summed E-state index contributed by atoms with van der Waals surface area (Å²) in [5.41, 5.74) is 0.914. The first-order chi connectivity index (χ1) is 14.7. The van der Waals surface area contributed by atoms with Gasteiger partial charge in [0.15, 0.2) is 0 Å². The molecule has 0 aliphatic carbocycles. The summed E-state index contributed by atoms with van der Waals surface area (Å²) < 4.78 is 19.9. The van der Waals surface area contributed by atoms with Crippen molar-refractivity contribution in [1.82, 2.24) is 9.88 Å². The largest absolute Gasteiger partial charge is 0.382 e. The highest BCUT2D eigenvalue weighted by Gasteiger charge is 2.29. The number of terminal acetylenes is 1. The number of nitrogens with zero attached hydrogens (tertiary/aromatic N) is 2. The molecule has 0 unspecified atom stereocenters. The molecule has 1 heterocycles. The van der Waals surface area contributed by atoms with Crippen LogP contribution in [-0.4, -0.2) is 41.9 Å². The van der Waals surface area contributed by atoms with Gasteiger partial charge in [0.25, 0.3) is 17.6 Å². The molecular formula is C22H21FN4O4. The van der Waals surface area contributed by atoms with Crippen LogP contribution in [0.1, 0.15) is 37.7 Å². The normalized spacial score (nSPS) is 11.2. The van der Waals surface area contributed by atoms with Gasteiger partial charge in [-0.1, -0.05) is 5.92 Å². The third-order valence-electron chi connectivity index (χ3n) is 4.76. The zero-order valence-electron chi connectivity index (χ0n) is 17.5. The number of halogens is 1. The Morgan fingerprint density at radius 2 is 2.00 bits per heavy atom. The molecule has 1 atom stereocenters. The standard InChI is InChI=1S/C22H21FN4O4/c1-6-15(11-31-5)25-22(30)20(28)18-12(2)19(27(4)13(18)3)21(29)26-16-7-8-17(23)14(9-16)10-24/h1,7-9,15H,11H2,2-5H3,(H,25,30)(H,26,29)/t15-/m1/s1. The number of amides is 2. The molecule has 0 spiro atoms. The van der Waals surface area contributed by atoms with Crippen LogP contribution in [0.2, 0.25) is 0 Å². The van der Waals surface area contributed by atoms with Crippen LogP contribution in [0.3, 0.4) is 0 Å². The summed E-state index contributed by atoms with van der Waals surface area (Å²) in [7, 11) is 2.99. The molecule has 0 saturated heterocycles. The van der Waals surface area contributed by atoms with E-state index in [0.29, 0.717) is 11.3 Å². The summed E-state index contributed by atoms with van der Waals surface area (Å²) in [6.45, 7) is 3.18. The van der Waals surface area contributed by atoms with E-state index in [1.165, 1.54) is 23.8 Å². The van der Waals surface area contributed by atoms with Gasteiger partial charge in [0.2, 0.25) is 0 Å². The summed E-state index contributed by atoms with van der Waals surface area (Å²) in [6, 6.07) is 4.51. The monoisotopic (exact) mass is 424 g/mol. The van der Waals surface area contributed by atoms with Crippen molar-refractivity contribution in [1.29, 1.82) is 5.26 Å². The molecule has 0 fully saturated rings. The van der Waals surface area contributed by atoms with Crippen LogP contribution in [0.25, 0.3) is 0 Å². The Balaban J connectivity index is 2.34. The number of hydrogen-bond donors (Lipinski definition) is 2. The molecule has 8 nitrogen and oxygen atoms in total. The second-order valence-electron chi connectivity index (χ2n) is 6.73. The van der Waals surface area contributed by atoms with Gasteiger partial charge in [0, 0.05) is 25.5 Å². The molecule has 160 valence electrons. The van der Waals surface area contributed by atoms with Crippen molar-refractivity contribution in [2.75, 3.05) is 19.0 Å². The Bertz CT molecular complexity index is 1140. The summed E-state index contributed by atoms with van der Waals surface area (Å²) in [4.78, 5) is 38.0. The van der Waals surface area contributed by atoms with Gasteiger partial charge in [-0.25, -0.2) is 4.39 Å². The number of ether oxygens (including phenoxy) is 1. The van der Waals surface area contributed by atoms with E-state index in [1.54, 1.807) is 27.0 Å². The van der Waals surface area contributed by atoms with Crippen LogP contribution in [0.4, 0.5) is 10.1 Å². The molecule has 0 bridgehead atoms. The highest BCUT2D eigenvalue weighted by molar-refractivity contribution is 6.43. The van der Waals surface area contributed by atoms with Crippen molar-refractivity contribution in [3.05, 3.63) is 52.1 Å². The molecule has 31 heavy (non-hydrogen) atoms. The molecule has 0 radical (unpaired) electrons. The van der Waals surface area contributed by atoms with Crippen molar-refractivity contribution in [3.8, 4) is 18.4 Å². The summed E-state index contributed by atoms with van der Waals surface area (Å²) in [6.07, 6.45) is 5.32. The second kappa shape index (κ2) is 9.70. The van der Waals surface area contributed by atoms with Gasteiger partial charge in [-0.15, -0.1) is 6.42 Å². The molecule has 0 aliphatic rings. The highest BCUT2D eigenvalue weighted by atomic mass is 19.1. The van der Waals surface area contributed by atoms with Crippen LogP contribution >= 0.6 is 0 Å². The van der Waals surface area contributed by atoms with Gasteiger partial charge in [0.1, 0.15) is 23.6 Å². The maximum atomic E-state index is 13.5. The average molecular weight is 424 g/mol. The van der Waals surface area contributed by atoms with Gasteiger partial charge in [0.05, 0.1) is 17.7 Å². The van der Waals surface area contributed by atoms with Crippen LogP contribution in [0, 0.1) is 43.3 Å². The van der Waals surface area contributed by atoms with E-state index in [2.05, 4.69) is 16.6 Å². The number of nitriles is 1. The third kappa shape index (κ3) is 4.80. The maximum absolute atomic E-state index is 13.5. The van der Waals surface area contributed by atoms with E-state index >= 15 is 0 Å². The Labute approximate surface area is 179 Å². The number of aromatic nitrogens is 1. The number of Topliss-reactive ketones (excluding diaryl/α,β-unsaturated/α-hetero) is 1. The van der Waals surface area contributed by atoms with Gasteiger partial charge in [-0.2, -0.15) is 5.26 Å². The van der Waals surface area contributed by atoms with Crippen molar-refractivity contribution in [2.45, 2.75) is 19.9 Å². The number of benzene rings is 1. The molecule has 1 aromatic carbocycles. The van der Waals surface area contributed by atoms with Gasteiger partial charge in [-0.3, -0.25) is 14.4 Å². The van der Waals surface area contributed by atoms with Crippen LogP contribution in [0.5, 0.6) is 0 Å². The zero-order chi connectivity index (χ0) is 23.3. The number of carbonyl (C=O) groups excluding carboxylic acids is 3. The minimum atomic E-state index is -0.916. The summed E-state index contributed by atoms with van der Waals surface area (Å²) in [5.74, 6) is -0.726. The van der Waals surface area contributed by atoms with E-state index in [4.69, 9.17) is 16.4 Å². The first-order valence-electron chi connectivity index (χ1n) is 9.13. The van der Waals surface area contributed by atoms with E-state index in [9.17, 15) is 18.8 Å². The fourth-order valence-electron chi connectivity index (χ4n) is 3.15. The summed E-state index contributed by atoms with van der Waals surface area (Å²) >= 11 is 0. The summed E-state index contributed by atoms with van der Waals surface area (Å²) in [5, 5.41) is 13.9. The quantitative estimate of drug-likeness (QED) is 0.400. The topological polar surface area (TPSA) is 113 Å². The Morgan fingerprint density at radius 1 is 1.32 bits per heavy atom. The average Bonchev–Trinajstić information content (AvgIpc) is 2.96. The zero-order valence-corrected chi connectivity index (χ0v) is 17.5. The molecule has 2 rings (SSSR count). The molecular weight excluding hydrogens is 403 g/mol. The van der Waals surface area contributed by atoms with Crippen molar-refractivity contribution in [2.24, 2.45) is 7.05 Å². The van der Waals surface area contributed by atoms with Gasteiger partial charge < -0.3 is 19.9 Å². The second-order valence-corrected chi connectivity index (χ2v) is 6.73. The van der Waals surface area contributed by atoms with Crippen LogP contribution < -0.4 is 10.6 Å². The maximum Gasteiger partial charge on any atom is 0.293 e. The number of nitrogens with one attached hydrogen (secondary N) is 2. The van der Waals surface area contributed by atoms with E-state index in [-0.39, 0.29) is 29.1 Å². The molecule has 0 aliphatic heterocycles. The smallest absolute Gasteiger partial charge is 0.293 e.